The molecule has 120 valence electrons. The van der Waals surface area contributed by atoms with E-state index in [1.807, 2.05) is 19.0 Å². The molecule has 21 heavy (non-hydrogen) atoms. The molecule has 0 aromatic carbocycles. The summed E-state index contributed by atoms with van der Waals surface area (Å²) in [5, 5.41) is 21.7. The minimum atomic E-state index is -1.23. The molecule has 0 saturated carbocycles. The van der Waals surface area contributed by atoms with Gasteiger partial charge in [0.25, 0.3) is 0 Å². The number of nitrogens with zero attached hydrogens (tertiary/aromatic N) is 2. The molecule has 2 aliphatic heterocycles. The minimum absolute atomic E-state index is 0.0931. The number of carboxylic acids is 2. The molecule has 2 aliphatic rings. The normalized spacial score (nSPS) is 39.1. The lowest BCUT2D eigenvalue weighted by Crippen LogP contribution is -2.68. The van der Waals surface area contributed by atoms with Gasteiger partial charge < -0.3 is 25.7 Å². The Kier molecular flexibility index (Phi) is 4.52. The van der Waals surface area contributed by atoms with Crippen molar-refractivity contribution in [3.63, 3.8) is 0 Å². The molecule has 0 aromatic rings. The molecular formula is C13H24N4O4. The predicted molar refractivity (Wildman–Crippen MR) is 76.1 cm³/mol. The van der Waals surface area contributed by atoms with Crippen LogP contribution in [-0.2, 0) is 9.59 Å². The van der Waals surface area contributed by atoms with Gasteiger partial charge in [-0.25, -0.2) is 0 Å². The number of hydrogen-bond donors (Lipinski definition) is 4. The Morgan fingerprint density at radius 1 is 1.29 bits per heavy atom. The number of aliphatic carboxylic acids is 2. The Labute approximate surface area is 123 Å². The second-order valence-electron chi connectivity index (χ2n) is 6.35. The Balaban J connectivity index is 2.14. The van der Waals surface area contributed by atoms with E-state index in [9.17, 15) is 19.8 Å². The van der Waals surface area contributed by atoms with Crippen LogP contribution in [0.4, 0.5) is 0 Å². The SMILES string of the molecule is CN1CC(C(=O)O)NC(C2CC(N)(C(=O)O)CCN2C)C1. The molecule has 0 amide bonds. The fourth-order valence-electron chi connectivity index (χ4n) is 3.28. The molecule has 4 unspecified atom stereocenters. The van der Waals surface area contributed by atoms with Crippen molar-refractivity contribution in [1.82, 2.24) is 15.1 Å². The van der Waals surface area contributed by atoms with E-state index in [1.165, 1.54) is 0 Å². The lowest BCUT2D eigenvalue weighted by atomic mass is 9.81. The zero-order valence-corrected chi connectivity index (χ0v) is 12.5. The summed E-state index contributed by atoms with van der Waals surface area (Å²) in [5.74, 6) is -1.87. The Morgan fingerprint density at radius 3 is 2.52 bits per heavy atom. The van der Waals surface area contributed by atoms with Crippen LogP contribution >= 0.6 is 0 Å². The fourth-order valence-corrected chi connectivity index (χ4v) is 3.28. The molecule has 5 N–H and O–H groups in total. The quantitative estimate of drug-likeness (QED) is 0.483. The second kappa shape index (κ2) is 5.88. The van der Waals surface area contributed by atoms with Gasteiger partial charge in [-0.2, -0.15) is 0 Å². The Morgan fingerprint density at radius 2 is 1.95 bits per heavy atom. The number of hydrogen-bond acceptors (Lipinski definition) is 6. The van der Waals surface area contributed by atoms with E-state index in [-0.39, 0.29) is 12.1 Å². The first-order valence-electron chi connectivity index (χ1n) is 7.13. The summed E-state index contributed by atoms with van der Waals surface area (Å²) in [5.41, 5.74) is 4.78. The molecule has 4 atom stereocenters. The number of likely N-dealkylation sites (tertiary alicyclic amines) is 1. The maximum Gasteiger partial charge on any atom is 0.323 e. The van der Waals surface area contributed by atoms with Crippen LogP contribution in [0.25, 0.3) is 0 Å². The standard InChI is InChI=1S/C13H24N4O4/c1-16-6-8(15-9(7-16)11(18)19)10-5-13(14,12(20)21)3-4-17(10)2/h8-10,15H,3-7,14H2,1-2H3,(H,18,19)(H,20,21). The van der Waals surface area contributed by atoms with Gasteiger partial charge in [0.2, 0.25) is 0 Å². The van der Waals surface area contributed by atoms with E-state index < -0.39 is 23.5 Å². The summed E-state index contributed by atoms with van der Waals surface area (Å²) in [6.45, 7) is 1.70. The van der Waals surface area contributed by atoms with Crippen LogP contribution in [0.5, 0.6) is 0 Å². The van der Waals surface area contributed by atoms with E-state index in [4.69, 9.17) is 5.73 Å². The number of nitrogens with one attached hydrogen (secondary N) is 1. The maximum atomic E-state index is 11.4. The third kappa shape index (κ3) is 3.34. The first-order valence-corrected chi connectivity index (χ1v) is 7.13. The molecule has 0 radical (unpaired) electrons. The molecule has 2 saturated heterocycles. The first kappa shape index (κ1) is 16.2. The van der Waals surface area contributed by atoms with Gasteiger partial charge in [-0.05, 0) is 26.9 Å². The minimum Gasteiger partial charge on any atom is -0.480 e. The zero-order valence-electron chi connectivity index (χ0n) is 12.5. The zero-order chi connectivity index (χ0) is 15.8. The van der Waals surface area contributed by atoms with Gasteiger partial charge in [0.15, 0.2) is 0 Å². The van der Waals surface area contributed by atoms with E-state index in [2.05, 4.69) is 10.2 Å². The van der Waals surface area contributed by atoms with Gasteiger partial charge in [0.05, 0.1) is 0 Å². The molecule has 8 nitrogen and oxygen atoms in total. The molecule has 0 bridgehead atoms. The van der Waals surface area contributed by atoms with Crippen molar-refractivity contribution in [1.29, 1.82) is 0 Å². The van der Waals surface area contributed by atoms with Crippen molar-refractivity contribution in [3.8, 4) is 0 Å². The third-order valence-electron chi connectivity index (χ3n) is 4.66. The van der Waals surface area contributed by atoms with Crippen molar-refractivity contribution in [3.05, 3.63) is 0 Å². The van der Waals surface area contributed by atoms with Crippen LogP contribution in [0.15, 0.2) is 0 Å². The number of likely N-dealkylation sites (N-methyl/N-ethyl adjacent to an activating group) is 2. The summed E-state index contributed by atoms with van der Waals surface area (Å²) >= 11 is 0. The number of carboxylic acid groups (broad SMARTS) is 2. The van der Waals surface area contributed by atoms with Crippen molar-refractivity contribution < 1.29 is 19.8 Å². The van der Waals surface area contributed by atoms with Gasteiger partial charge in [0.1, 0.15) is 11.6 Å². The van der Waals surface area contributed by atoms with Gasteiger partial charge in [-0.1, -0.05) is 0 Å². The predicted octanol–water partition coefficient (Wildman–Crippen LogP) is -1.78. The van der Waals surface area contributed by atoms with Crippen LogP contribution in [0, 0.1) is 0 Å². The highest BCUT2D eigenvalue weighted by Crippen LogP contribution is 2.27. The van der Waals surface area contributed by atoms with Crippen LogP contribution in [0.2, 0.25) is 0 Å². The van der Waals surface area contributed by atoms with Crippen molar-refractivity contribution in [2.45, 2.75) is 36.5 Å². The Bertz CT molecular complexity index is 432. The second-order valence-corrected chi connectivity index (χ2v) is 6.35. The summed E-state index contributed by atoms with van der Waals surface area (Å²) in [7, 11) is 3.80. The van der Waals surface area contributed by atoms with E-state index in [1.54, 1.807) is 0 Å². The molecule has 2 heterocycles. The molecular weight excluding hydrogens is 276 g/mol. The fraction of sp³-hybridized carbons (Fsp3) is 0.846. The van der Waals surface area contributed by atoms with Crippen molar-refractivity contribution in [2.75, 3.05) is 33.7 Å². The molecule has 2 rings (SSSR count). The maximum absolute atomic E-state index is 11.4. The van der Waals surface area contributed by atoms with Gasteiger partial charge >= 0.3 is 11.9 Å². The number of rotatable bonds is 3. The third-order valence-corrected chi connectivity index (χ3v) is 4.66. The molecule has 0 spiro atoms. The van der Waals surface area contributed by atoms with Crippen LogP contribution in [0.1, 0.15) is 12.8 Å². The topological polar surface area (TPSA) is 119 Å². The van der Waals surface area contributed by atoms with Crippen LogP contribution in [-0.4, -0.2) is 89.3 Å². The molecule has 8 heteroatoms. The lowest BCUT2D eigenvalue weighted by Gasteiger charge is -2.47. The summed E-state index contributed by atoms with van der Waals surface area (Å²) in [4.78, 5) is 26.6. The average molecular weight is 300 g/mol. The monoisotopic (exact) mass is 300 g/mol. The number of nitrogens with two attached hydrogens (primary N) is 1. The molecule has 2 fully saturated rings. The summed E-state index contributed by atoms with van der Waals surface area (Å²) < 4.78 is 0. The van der Waals surface area contributed by atoms with Crippen molar-refractivity contribution in [2.24, 2.45) is 5.73 Å². The number of carbonyl (C=O) groups is 2. The largest absolute Gasteiger partial charge is 0.480 e. The van der Waals surface area contributed by atoms with Crippen LogP contribution in [0.3, 0.4) is 0 Å². The number of piperazine rings is 1. The number of piperidine rings is 1. The first-order chi connectivity index (χ1) is 9.73. The highest BCUT2D eigenvalue weighted by atomic mass is 16.4. The van der Waals surface area contributed by atoms with Gasteiger partial charge in [-0.3, -0.25) is 14.9 Å². The summed E-state index contributed by atoms with van der Waals surface area (Å²) in [6.07, 6.45) is 0.719. The van der Waals surface area contributed by atoms with Crippen molar-refractivity contribution >= 4 is 11.9 Å². The van der Waals surface area contributed by atoms with Crippen LogP contribution < -0.4 is 11.1 Å². The average Bonchev–Trinajstić information content (AvgIpc) is 2.40. The smallest absolute Gasteiger partial charge is 0.323 e. The van der Waals surface area contributed by atoms with E-state index in [0.717, 1.165) is 0 Å². The molecule has 0 aromatic heterocycles. The highest BCUT2D eigenvalue weighted by molar-refractivity contribution is 5.78. The van der Waals surface area contributed by atoms with Gasteiger partial charge in [-0.15, -0.1) is 0 Å². The lowest BCUT2D eigenvalue weighted by molar-refractivity contribution is -0.147. The van der Waals surface area contributed by atoms with E-state index in [0.29, 0.717) is 32.5 Å². The summed E-state index contributed by atoms with van der Waals surface area (Å²) in [6, 6.07) is -0.844. The molecule has 0 aliphatic carbocycles. The van der Waals surface area contributed by atoms with Gasteiger partial charge in [0, 0.05) is 31.7 Å². The van der Waals surface area contributed by atoms with E-state index >= 15 is 0 Å². The highest BCUT2D eigenvalue weighted by Gasteiger charge is 2.45. The Hall–Kier alpha value is -1.22.